The number of hydrogen-bond donors (Lipinski definition) is 2. The molecule has 0 bridgehead atoms. The van der Waals surface area contributed by atoms with Crippen molar-refractivity contribution < 1.29 is 17.9 Å². The highest BCUT2D eigenvalue weighted by Crippen LogP contribution is 2.30. The first-order valence-electron chi connectivity index (χ1n) is 5.34. The molecule has 1 atom stereocenters. The number of halogens is 3. The zero-order valence-corrected chi connectivity index (χ0v) is 9.05. The second-order valence-corrected chi connectivity index (χ2v) is 3.79. The number of ether oxygens (including phenoxy) is 1. The van der Waals surface area contributed by atoms with Gasteiger partial charge in [0.25, 0.3) is 0 Å². The number of alkyl halides is 3. The van der Waals surface area contributed by atoms with Crippen molar-refractivity contribution in [2.45, 2.75) is 12.4 Å². The first-order chi connectivity index (χ1) is 8.05. The Morgan fingerprint density at radius 2 is 1.82 bits per heavy atom. The van der Waals surface area contributed by atoms with Gasteiger partial charge in [0, 0.05) is 19.6 Å². The van der Waals surface area contributed by atoms with Gasteiger partial charge in [-0.2, -0.15) is 13.2 Å². The fourth-order valence-electron chi connectivity index (χ4n) is 1.60. The summed E-state index contributed by atoms with van der Waals surface area (Å²) in [5.41, 5.74) is -0.667. The Hall–Kier alpha value is -1.27. The van der Waals surface area contributed by atoms with Crippen LogP contribution in [0.5, 0.6) is 5.75 Å². The van der Waals surface area contributed by atoms with E-state index in [0.29, 0.717) is 12.3 Å². The molecular weight excluding hydrogens is 233 g/mol. The molecule has 0 spiro atoms. The van der Waals surface area contributed by atoms with Crippen LogP contribution in [0.25, 0.3) is 0 Å². The molecule has 1 aliphatic rings. The van der Waals surface area contributed by atoms with Gasteiger partial charge in [-0.05, 0) is 24.3 Å². The zero-order valence-electron chi connectivity index (χ0n) is 9.05. The third-order valence-electron chi connectivity index (χ3n) is 2.46. The number of hydrogen-bond acceptors (Lipinski definition) is 3. The van der Waals surface area contributed by atoms with Crippen molar-refractivity contribution in [1.29, 1.82) is 0 Å². The van der Waals surface area contributed by atoms with Crippen LogP contribution in [0, 0.1) is 0 Å². The standard InChI is InChI=1S/C11H13F3N2O/c12-11(13,14)8-1-3-9(4-2-8)17-10-7-15-5-6-16-10/h1-4,10,15-16H,5-7H2. The van der Waals surface area contributed by atoms with E-state index >= 15 is 0 Å². The summed E-state index contributed by atoms with van der Waals surface area (Å²) in [5, 5.41) is 6.23. The Kier molecular flexibility index (Phi) is 3.54. The van der Waals surface area contributed by atoms with Gasteiger partial charge in [0.15, 0.2) is 6.23 Å². The monoisotopic (exact) mass is 246 g/mol. The maximum atomic E-state index is 12.3. The van der Waals surface area contributed by atoms with Crippen molar-refractivity contribution in [1.82, 2.24) is 10.6 Å². The minimum absolute atomic E-state index is 0.194. The number of piperazine rings is 1. The molecular formula is C11H13F3N2O. The lowest BCUT2D eigenvalue weighted by Crippen LogP contribution is -2.51. The average molecular weight is 246 g/mol. The van der Waals surface area contributed by atoms with E-state index in [2.05, 4.69) is 10.6 Å². The van der Waals surface area contributed by atoms with Gasteiger partial charge in [-0.25, -0.2) is 0 Å². The van der Waals surface area contributed by atoms with Crippen molar-refractivity contribution in [2.75, 3.05) is 19.6 Å². The molecule has 0 aromatic heterocycles. The fourth-order valence-corrected chi connectivity index (χ4v) is 1.60. The quantitative estimate of drug-likeness (QED) is 0.831. The highest BCUT2D eigenvalue weighted by Gasteiger charge is 2.30. The molecule has 1 heterocycles. The molecule has 1 aromatic rings. The van der Waals surface area contributed by atoms with E-state index in [9.17, 15) is 13.2 Å². The highest BCUT2D eigenvalue weighted by molar-refractivity contribution is 5.29. The summed E-state index contributed by atoms with van der Waals surface area (Å²) in [6.07, 6.45) is -4.50. The van der Waals surface area contributed by atoms with Gasteiger partial charge in [-0.1, -0.05) is 0 Å². The van der Waals surface area contributed by atoms with Gasteiger partial charge in [0.2, 0.25) is 0 Å². The van der Waals surface area contributed by atoms with Crippen molar-refractivity contribution in [2.24, 2.45) is 0 Å². The number of benzene rings is 1. The van der Waals surface area contributed by atoms with Crippen LogP contribution in [0.15, 0.2) is 24.3 Å². The first kappa shape index (κ1) is 12.2. The predicted octanol–water partition coefficient (Wildman–Crippen LogP) is 1.60. The van der Waals surface area contributed by atoms with Crippen molar-refractivity contribution >= 4 is 0 Å². The Morgan fingerprint density at radius 1 is 1.12 bits per heavy atom. The van der Waals surface area contributed by atoms with E-state index in [1.54, 1.807) is 0 Å². The molecule has 6 heteroatoms. The van der Waals surface area contributed by atoms with Crippen LogP contribution in [0.3, 0.4) is 0 Å². The molecule has 1 fully saturated rings. The third-order valence-corrected chi connectivity index (χ3v) is 2.46. The van der Waals surface area contributed by atoms with Crippen molar-refractivity contribution in [3.63, 3.8) is 0 Å². The van der Waals surface area contributed by atoms with Gasteiger partial charge in [0.05, 0.1) is 5.56 Å². The Morgan fingerprint density at radius 3 is 2.35 bits per heavy atom. The van der Waals surface area contributed by atoms with Crippen LogP contribution in [-0.4, -0.2) is 25.9 Å². The van der Waals surface area contributed by atoms with E-state index in [1.165, 1.54) is 12.1 Å². The van der Waals surface area contributed by atoms with Gasteiger partial charge >= 0.3 is 6.18 Å². The molecule has 0 aliphatic carbocycles. The molecule has 2 N–H and O–H groups in total. The molecule has 0 saturated carbocycles. The SMILES string of the molecule is FC(F)(F)c1ccc(OC2CNCCN2)cc1. The van der Waals surface area contributed by atoms with Gasteiger partial charge in [-0.15, -0.1) is 0 Å². The largest absolute Gasteiger partial charge is 0.474 e. The van der Waals surface area contributed by atoms with E-state index < -0.39 is 11.7 Å². The number of nitrogens with one attached hydrogen (secondary N) is 2. The highest BCUT2D eigenvalue weighted by atomic mass is 19.4. The molecule has 1 aromatic carbocycles. The molecule has 1 aliphatic heterocycles. The van der Waals surface area contributed by atoms with Gasteiger partial charge in [-0.3, -0.25) is 5.32 Å². The second-order valence-electron chi connectivity index (χ2n) is 3.79. The molecule has 3 nitrogen and oxygen atoms in total. The van der Waals surface area contributed by atoms with Gasteiger partial charge < -0.3 is 10.1 Å². The predicted molar refractivity (Wildman–Crippen MR) is 56.7 cm³/mol. The summed E-state index contributed by atoms with van der Waals surface area (Å²) in [4.78, 5) is 0. The summed E-state index contributed by atoms with van der Waals surface area (Å²) >= 11 is 0. The lowest BCUT2D eigenvalue weighted by molar-refractivity contribution is -0.137. The lowest BCUT2D eigenvalue weighted by Gasteiger charge is -2.25. The van der Waals surface area contributed by atoms with E-state index in [1.807, 2.05) is 0 Å². The Labute approximate surface area is 97.0 Å². The minimum Gasteiger partial charge on any atom is -0.474 e. The summed E-state index contributed by atoms with van der Waals surface area (Å²) in [6.45, 7) is 2.29. The van der Waals surface area contributed by atoms with Crippen LogP contribution in [0.4, 0.5) is 13.2 Å². The molecule has 17 heavy (non-hydrogen) atoms. The molecule has 1 saturated heterocycles. The zero-order chi connectivity index (χ0) is 12.3. The molecule has 2 rings (SSSR count). The number of rotatable bonds is 2. The molecule has 0 amide bonds. The van der Waals surface area contributed by atoms with E-state index in [0.717, 1.165) is 25.2 Å². The van der Waals surface area contributed by atoms with Crippen LogP contribution < -0.4 is 15.4 Å². The molecule has 1 unspecified atom stereocenters. The van der Waals surface area contributed by atoms with Crippen molar-refractivity contribution in [3.05, 3.63) is 29.8 Å². The summed E-state index contributed by atoms with van der Waals surface area (Å²) in [6, 6.07) is 4.70. The van der Waals surface area contributed by atoms with Gasteiger partial charge in [0.1, 0.15) is 5.75 Å². The van der Waals surface area contributed by atoms with Crippen molar-refractivity contribution in [3.8, 4) is 5.75 Å². The van der Waals surface area contributed by atoms with Crippen LogP contribution >= 0.6 is 0 Å². The van der Waals surface area contributed by atoms with E-state index in [-0.39, 0.29) is 6.23 Å². The minimum atomic E-state index is -4.30. The Balaban J connectivity index is 1.98. The summed E-state index contributed by atoms with van der Waals surface area (Å²) in [7, 11) is 0. The Bertz CT molecular complexity index is 358. The van der Waals surface area contributed by atoms with E-state index in [4.69, 9.17) is 4.74 Å². The maximum absolute atomic E-state index is 12.3. The molecule has 94 valence electrons. The summed E-state index contributed by atoms with van der Waals surface area (Å²) < 4.78 is 42.4. The first-order valence-corrected chi connectivity index (χ1v) is 5.34. The topological polar surface area (TPSA) is 33.3 Å². The fraction of sp³-hybridized carbons (Fsp3) is 0.455. The summed E-state index contributed by atoms with van der Waals surface area (Å²) in [5.74, 6) is 0.430. The maximum Gasteiger partial charge on any atom is 0.416 e. The average Bonchev–Trinajstić information content (AvgIpc) is 2.30. The molecule has 0 radical (unpaired) electrons. The third kappa shape index (κ3) is 3.34. The smallest absolute Gasteiger partial charge is 0.416 e. The second kappa shape index (κ2) is 4.93. The van der Waals surface area contributed by atoms with Crippen LogP contribution in [0.1, 0.15) is 5.56 Å². The normalized spacial score (nSPS) is 21.2. The lowest BCUT2D eigenvalue weighted by atomic mass is 10.2. The van der Waals surface area contributed by atoms with Crippen LogP contribution in [-0.2, 0) is 6.18 Å². The van der Waals surface area contributed by atoms with Crippen LogP contribution in [0.2, 0.25) is 0 Å².